The quantitative estimate of drug-likeness (QED) is 0.919. The molecule has 0 spiro atoms. The third-order valence-electron chi connectivity index (χ3n) is 2.78. The van der Waals surface area contributed by atoms with E-state index in [-0.39, 0.29) is 23.7 Å². The fourth-order valence-electron chi connectivity index (χ4n) is 1.75. The van der Waals surface area contributed by atoms with Gasteiger partial charge in [-0.1, -0.05) is 6.07 Å². The molecule has 2 rings (SSSR count). The van der Waals surface area contributed by atoms with E-state index in [1.54, 1.807) is 6.07 Å². The van der Waals surface area contributed by atoms with Crippen molar-refractivity contribution in [2.45, 2.75) is 6.61 Å². The Hall–Kier alpha value is -2.63. The lowest BCUT2D eigenvalue weighted by molar-refractivity contribution is 0.0691. The number of carbonyl (C=O) groups is 1. The Balaban J connectivity index is 2.18. The van der Waals surface area contributed by atoms with E-state index in [1.165, 1.54) is 19.2 Å². The first kappa shape index (κ1) is 14.8. The Morgan fingerprint density at radius 2 is 1.90 bits per heavy atom. The molecular formula is C15H12F2O4. The molecule has 0 fully saturated rings. The molecule has 0 aliphatic rings. The highest BCUT2D eigenvalue weighted by molar-refractivity contribution is 5.90. The molecule has 6 heteroatoms. The summed E-state index contributed by atoms with van der Waals surface area (Å²) in [5, 5.41) is 8.99. The topological polar surface area (TPSA) is 55.8 Å². The highest BCUT2D eigenvalue weighted by Crippen LogP contribution is 2.23. The molecule has 0 unspecified atom stereocenters. The number of rotatable bonds is 5. The van der Waals surface area contributed by atoms with Gasteiger partial charge in [0.15, 0.2) is 11.6 Å². The maximum Gasteiger partial charge on any atom is 0.339 e. The van der Waals surface area contributed by atoms with Crippen LogP contribution in [0.25, 0.3) is 0 Å². The fraction of sp³-hybridized carbons (Fsp3) is 0.133. The summed E-state index contributed by atoms with van der Waals surface area (Å²) in [4.78, 5) is 11.0. The number of carboxylic acids is 1. The second kappa shape index (κ2) is 6.21. The van der Waals surface area contributed by atoms with Crippen LogP contribution in [0.2, 0.25) is 0 Å². The van der Waals surface area contributed by atoms with Crippen LogP contribution in [0.1, 0.15) is 15.9 Å². The molecule has 0 bridgehead atoms. The number of ether oxygens (including phenoxy) is 2. The Morgan fingerprint density at radius 3 is 2.52 bits per heavy atom. The number of benzene rings is 2. The van der Waals surface area contributed by atoms with Crippen molar-refractivity contribution < 1.29 is 28.2 Å². The normalized spacial score (nSPS) is 10.2. The molecule has 1 N–H and O–H groups in total. The van der Waals surface area contributed by atoms with Crippen molar-refractivity contribution in [2.75, 3.05) is 7.11 Å². The molecule has 2 aromatic carbocycles. The van der Waals surface area contributed by atoms with E-state index in [9.17, 15) is 13.6 Å². The average Bonchev–Trinajstić information content (AvgIpc) is 2.45. The zero-order valence-corrected chi connectivity index (χ0v) is 11.1. The molecule has 0 heterocycles. The van der Waals surface area contributed by atoms with Crippen LogP contribution in [0.3, 0.4) is 0 Å². The van der Waals surface area contributed by atoms with Crippen LogP contribution >= 0.6 is 0 Å². The first-order chi connectivity index (χ1) is 10.0. The minimum Gasteiger partial charge on any atom is -0.494 e. The molecule has 0 radical (unpaired) electrons. The SMILES string of the molecule is COc1ccc(COc2cc(F)ccc2C(=O)O)cc1F. The third-order valence-corrected chi connectivity index (χ3v) is 2.78. The number of carboxylic acid groups (broad SMARTS) is 1. The Labute approximate surface area is 119 Å². The fourth-order valence-corrected chi connectivity index (χ4v) is 1.75. The van der Waals surface area contributed by atoms with E-state index in [2.05, 4.69) is 0 Å². The minimum absolute atomic E-state index is 0.0926. The summed E-state index contributed by atoms with van der Waals surface area (Å²) in [5.74, 6) is -2.42. The van der Waals surface area contributed by atoms with E-state index in [0.717, 1.165) is 18.2 Å². The first-order valence-corrected chi connectivity index (χ1v) is 5.99. The molecule has 0 saturated carbocycles. The predicted octanol–water partition coefficient (Wildman–Crippen LogP) is 3.25. The lowest BCUT2D eigenvalue weighted by Gasteiger charge is -2.10. The molecule has 0 atom stereocenters. The first-order valence-electron chi connectivity index (χ1n) is 5.99. The van der Waals surface area contributed by atoms with E-state index < -0.39 is 17.6 Å². The number of aromatic carboxylic acids is 1. The second-order valence-electron chi connectivity index (χ2n) is 4.20. The van der Waals surface area contributed by atoms with Crippen molar-refractivity contribution in [3.05, 3.63) is 59.2 Å². The van der Waals surface area contributed by atoms with Gasteiger partial charge in [0, 0.05) is 6.07 Å². The van der Waals surface area contributed by atoms with Crippen molar-refractivity contribution in [1.82, 2.24) is 0 Å². The van der Waals surface area contributed by atoms with Gasteiger partial charge in [-0.25, -0.2) is 13.6 Å². The summed E-state index contributed by atoms with van der Waals surface area (Å²) in [5.41, 5.74) is 0.305. The lowest BCUT2D eigenvalue weighted by Crippen LogP contribution is -2.04. The van der Waals surface area contributed by atoms with Gasteiger partial charge in [-0.2, -0.15) is 0 Å². The van der Waals surface area contributed by atoms with Gasteiger partial charge in [0.1, 0.15) is 23.7 Å². The van der Waals surface area contributed by atoms with Crippen molar-refractivity contribution in [1.29, 1.82) is 0 Å². The van der Waals surface area contributed by atoms with Crippen LogP contribution < -0.4 is 9.47 Å². The van der Waals surface area contributed by atoms with Gasteiger partial charge in [-0.15, -0.1) is 0 Å². The van der Waals surface area contributed by atoms with Gasteiger partial charge in [0.05, 0.1) is 7.11 Å². The molecule has 0 aromatic heterocycles. The molecule has 0 saturated heterocycles. The van der Waals surface area contributed by atoms with E-state index >= 15 is 0 Å². The lowest BCUT2D eigenvalue weighted by atomic mass is 10.2. The minimum atomic E-state index is -1.23. The summed E-state index contributed by atoms with van der Waals surface area (Å²) in [6.45, 7) is -0.0926. The molecule has 0 amide bonds. The van der Waals surface area contributed by atoms with Crippen molar-refractivity contribution in [2.24, 2.45) is 0 Å². The van der Waals surface area contributed by atoms with Crippen molar-refractivity contribution in [3.8, 4) is 11.5 Å². The predicted molar refractivity (Wildman–Crippen MR) is 70.6 cm³/mol. The number of methoxy groups -OCH3 is 1. The molecule has 0 aliphatic carbocycles. The van der Waals surface area contributed by atoms with E-state index in [1.807, 2.05) is 0 Å². The summed E-state index contributed by atoms with van der Waals surface area (Å²) in [6, 6.07) is 7.33. The van der Waals surface area contributed by atoms with Gasteiger partial charge >= 0.3 is 5.97 Å². The summed E-state index contributed by atoms with van der Waals surface area (Å²) in [6.07, 6.45) is 0. The smallest absolute Gasteiger partial charge is 0.339 e. The second-order valence-corrected chi connectivity index (χ2v) is 4.20. The molecule has 110 valence electrons. The summed E-state index contributed by atoms with van der Waals surface area (Å²) in [7, 11) is 1.35. The standard InChI is InChI=1S/C15H12F2O4/c1-20-13-5-2-9(6-12(13)17)8-21-14-7-10(16)3-4-11(14)15(18)19/h2-7H,8H2,1H3,(H,18,19). The van der Waals surface area contributed by atoms with Crippen molar-refractivity contribution >= 4 is 5.97 Å². The third kappa shape index (κ3) is 3.47. The van der Waals surface area contributed by atoms with Gasteiger partial charge in [0.2, 0.25) is 0 Å². The van der Waals surface area contributed by atoms with Gasteiger partial charge in [0.25, 0.3) is 0 Å². The summed E-state index contributed by atoms with van der Waals surface area (Å²) < 4.78 is 36.7. The Kier molecular flexibility index (Phi) is 4.37. The van der Waals surface area contributed by atoms with Gasteiger partial charge in [-0.05, 0) is 29.8 Å². The molecule has 4 nitrogen and oxygen atoms in total. The van der Waals surface area contributed by atoms with E-state index in [4.69, 9.17) is 14.6 Å². The van der Waals surface area contributed by atoms with Crippen LogP contribution in [0.15, 0.2) is 36.4 Å². The van der Waals surface area contributed by atoms with Crippen LogP contribution in [0, 0.1) is 11.6 Å². The number of hydrogen-bond acceptors (Lipinski definition) is 3. The maximum absolute atomic E-state index is 13.5. The maximum atomic E-state index is 13.5. The molecular weight excluding hydrogens is 282 g/mol. The van der Waals surface area contributed by atoms with Gasteiger partial charge in [-0.3, -0.25) is 0 Å². The summed E-state index contributed by atoms with van der Waals surface area (Å²) >= 11 is 0. The highest BCUT2D eigenvalue weighted by atomic mass is 19.1. The van der Waals surface area contributed by atoms with Crippen LogP contribution in [-0.2, 0) is 6.61 Å². The zero-order chi connectivity index (χ0) is 15.4. The van der Waals surface area contributed by atoms with Crippen LogP contribution in [0.5, 0.6) is 11.5 Å². The molecule has 2 aromatic rings. The Bertz CT molecular complexity index is 671. The monoisotopic (exact) mass is 294 g/mol. The number of halogens is 2. The van der Waals surface area contributed by atoms with Crippen LogP contribution in [-0.4, -0.2) is 18.2 Å². The average molecular weight is 294 g/mol. The Morgan fingerprint density at radius 1 is 1.14 bits per heavy atom. The van der Waals surface area contributed by atoms with Crippen molar-refractivity contribution in [3.63, 3.8) is 0 Å². The van der Waals surface area contributed by atoms with E-state index in [0.29, 0.717) is 5.56 Å². The van der Waals surface area contributed by atoms with Crippen LogP contribution in [0.4, 0.5) is 8.78 Å². The zero-order valence-electron chi connectivity index (χ0n) is 11.1. The molecule has 0 aliphatic heterocycles. The molecule has 21 heavy (non-hydrogen) atoms. The highest BCUT2D eigenvalue weighted by Gasteiger charge is 2.13. The number of hydrogen-bond donors (Lipinski definition) is 1. The largest absolute Gasteiger partial charge is 0.494 e. The van der Waals surface area contributed by atoms with Gasteiger partial charge < -0.3 is 14.6 Å².